The first-order chi connectivity index (χ1) is 11.5. The van der Waals surface area contributed by atoms with Crippen LogP contribution in [0.3, 0.4) is 0 Å². The second-order valence-electron chi connectivity index (χ2n) is 5.85. The van der Waals surface area contributed by atoms with E-state index in [1.54, 1.807) is 24.3 Å². The Hall–Kier alpha value is -2.34. The number of para-hydroxylation sites is 1. The van der Waals surface area contributed by atoms with Gasteiger partial charge in [-0.1, -0.05) is 48.5 Å². The summed E-state index contributed by atoms with van der Waals surface area (Å²) in [6.07, 6.45) is 0.831. The molecule has 3 rings (SSSR count). The molecule has 1 aliphatic heterocycles. The number of rotatable bonds is 5. The smallest absolute Gasteiger partial charge is 0.239 e. The van der Waals surface area contributed by atoms with Gasteiger partial charge in [-0.25, -0.2) is 8.42 Å². The fourth-order valence-corrected chi connectivity index (χ4v) is 4.03. The van der Waals surface area contributed by atoms with Crippen molar-refractivity contribution < 1.29 is 17.9 Å². The number of fused-ring (bicyclic) bond motifs is 1. The molecule has 6 heteroatoms. The molecule has 0 unspecified atom stereocenters. The number of ether oxygens (including phenoxy) is 1. The van der Waals surface area contributed by atoms with Gasteiger partial charge >= 0.3 is 0 Å². The number of carbonyl (C=O) groups is 1. The average Bonchev–Trinajstić information content (AvgIpc) is 2.55. The third kappa shape index (κ3) is 4.14. The van der Waals surface area contributed by atoms with Gasteiger partial charge in [-0.15, -0.1) is 0 Å². The summed E-state index contributed by atoms with van der Waals surface area (Å²) in [4.78, 5) is 12.2. The maximum Gasteiger partial charge on any atom is 0.239 e. The molecule has 0 bridgehead atoms. The van der Waals surface area contributed by atoms with Crippen molar-refractivity contribution in [3.63, 3.8) is 0 Å². The van der Waals surface area contributed by atoms with Gasteiger partial charge < -0.3 is 4.74 Å². The van der Waals surface area contributed by atoms with Gasteiger partial charge in [0.25, 0.3) is 0 Å². The minimum Gasteiger partial charge on any atom is -0.493 e. The quantitative estimate of drug-likeness (QED) is 0.904. The molecule has 0 radical (unpaired) electrons. The molecule has 24 heavy (non-hydrogen) atoms. The van der Waals surface area contributed by atoms with E-state index in [2.05, 4.69) is 4.72 Å². The Labute approximate surface area is 141 Å². The molecule has 1 N–H and O–H groups in total. The number of amides is 1. The van der Waals surface area contributed by atoms with Crippen molar-refractivity contribution in [3.8, 4) is 5.75 Å². The molecular formula is C18H19NO4S. The van der Waals surface area contributed by atoms with Crippen molar-refractivity contribution in [2.24, 2.45) is 0 Å². The molecule has 2 aromatic rings. The minimum absolute atomic E-state index is 0.0260. The Morgan fingerprint density at radius 3 is 2.58 bits per heavy atom. The summed E-state index contributed by atoms with van der Waals surface area (Å²) in [5.74, 6) is 0.0624. The van der Waals surface area contributed by atoms with Crippen LogP contribution in [0.4, 0.5) is 0 Å². The predicted molar refractivity (Wildman–Crippen MR) is 91.1 cm³/mol. The Kier molecular flexibility index (Phi) is 4.85. The fraction of sp³-hybridized carbons (Fsp3) is 0.278. The number of benzene rings is 2. The summed E-state index contributed by atoms with van der Waals surface area (Å²) in [7, 11) is -3.69. The molecule has 0 aliphatic carbocycles. The van der Waals surface area contributed by atoms with Gasteiger partial charge in [0, 0.05) is 6.42 Å². The highest BCUT2D eigenvalue weighted by Gasteiger charge is 2.25. The zero-order valence-corrected chi connectivity index (χ0v) is 14.0. The van der Waals surface area contributed by atoms with E-state index in [0.29, 0.717) is 18.6 Å². The zero-order chi connectivity index (χ0) is 17.0. The van der Waals surface area contributed by atoms with Gasteiger partial charge in [-0.05, 0) is 29.5 Å². The van der Waals surface area contributed by atoms with Gasteiger partial charge in [-0.3, -0.25) is 9.52 Å². The summed E-state index contributed by atoms with van der Waals surface area (Å²) >= 11 is 0. The molecule has 1 amide bonds. The Morgan fingerprint density at radius 2 is 1.79 bits per heavy atom. The molecule has 1 aliphatic rings. The zero-order valence-electron chi connectivity index (χ0n) is 13.1. The summed E-state index contributed by atoms with van der Waals surface area (Å²) in [6, 6.07) is 16.4. The Morgan fingerprint density at radius 1 is 1.08 bits per heavy atom. The van der Waals surface area contributed by atoms with Crippen molar-refractivity contribution in [1.82, 2.24) is 4.72 Å². The standard InChI is InChI=1S/C18H19NO4S/c20-18(19-24(21,22)13-14-6-2-1-3-7-14)12-15-10-11-23-17-9-5-4-8-16(15)17/h1-9,15H,10-13H2,(H,19,20)/t15-/m0/s1. The lowest BCUT2D eigenvalue weighted by molar-refractivity contribution is -0.119. The van der Waals surface area contributed by atoms with E-state index in [9.17, 15) is 13.2 Å². The summed E-state index contributed by atoms with van der Waals surface area (Å²) in [5.41, 5.74) is 1.61. The summed E-state index contributed by atoms with van der Waals surface area (Å²) < 4.78 is 32.0. The van der Waals surface area contributed by atoms with E-state index in [4.69, 9.17) is 4.74 Å². The van der Waals surface area contributed by atoms with E-state index in [1.807, 2.05) is 30.3 Å². The monoisotopic (exact) mass is 345 g/mol. The van der Waals surface area contributed by atoms with Gasteiger partial charge in [-0.2, -0.15) is 0 Å². The van der Waals surface area contributed by atoms with Gasteiger partial charge in [0.1, 0.15) is 5.75 Å². The van der Waals surface area contributed by atoms with Crippen LogP contribution < -0.4 is 9.46 Å². The highest BCUT2D eigenvalue weighted by Crippen LogP contribution is 2.35. The lowest BCUT2D eigenvalue weighted by atomic mass is 9.90. The Bertz CT molecular complexity index is 818. The molecule has 0 spiro atoms. The summed E-state index contributed by atoms with van der Waals surface area (Å²) in [5, 5.41) is 0. The SMILES string of the molecule is O=C(C[C@@H]1CCOc2ccccc21)NS(=O)(=O)Cc1ccccc1. The highest BCUT2D eigenvalue weighted by molar-refractivity contribution is 7.89. The topological polar surface area (TPSA) is 72.5 Å². The van der Waals surface area contributed by atoms with Crippen LogP contribution in [-0.4, -0.2) is 20.9 Å². The predicted octanol–water partition coefficient (Wildman–Crippen LogP) is 2.59. The van der Waals surface area contributed by atoms with Crippen LogP contribution in [0.5, 0.6) is 5.75 Å². The minimum atomic E-state index is -3.69. The average molecular weight is 345 g/mol. The molecule has 1 heterocycles. The summed E-state index contributed by atoms with van der Waals surface area (Å²) in [6.45, 7) is 0.533. The van der Waals surface area contributed by atoms with Crippen LogP contribution in [0.2, 0.25) is 0 Å². The molecule has 1 atom stereocenters. The third-order valence-electron chi connectivity index (χ3n) is 3.98. The molecule has 5 nitrogen and oxygen atoms in total. The maximum absolute atomic E-state index is 12.2. The van der Waals surface area contributed by atoms with Crippen LogP contribution in [-0.2, 0) is 20.6 Å². The van der Waals surface area contributed by atoms with Crippen LogP contribution in [0, 0.1) is 0 Å². The van der Waals surface area contributed by atoms with Crippen molar-refractivity contribution >= 4 is 15.9 Å². The molecule has 0 saturated heterocycles. The van der Waals surface area contributed by atoms with E-state index < -0.39 is 15.9 Å². The number of hydrogen-bond donors (Lipinski definition) is 1. The van der Waals surface area contributed by atoms with Gasteiger partial charge in [0.15, 0.2) is 0 Å². The van der Waals surface area contributed by atoms with Crippen LogP contribution in [0.15, 0.2) is 54.6 Å². The molecule has 126 valence electrons. The lowest BCUT2D eigenvalue weighted by Crippen LogP contribution is -2.33. The molecular weight excluding hydrogens is 326 g/mol. The van der Waals surface area contributed by atoms with E-state index in [0.717, 1.165) is 11.3 Å². The number of sulfonamides is 1. The van der Waals surface area contributed by atoms with Crippen molar-refractivity contribution in [3.05, 3.63) is 65.7 Å². The Balaban J connectivity index is 1.64. The lowest BCUT2D eigenvalue weighted by Gasteiger charge is -2.25. The normalized spacial score (nSPS) is 16.8. The van der Waals surface area contributed by atoms with Crippen molar-refractivity contribution in [2.45, 2.75) is 24.5 Å². The van der Waals surface area contributed by atoms with Gasteiger partial charge in [0.05, 0.1) is 12.4 Å². The fourth-order valence-electron chi connectivity index (χ4n) is 2.90. The van der Waals surface area contributed by atoms with E-state index in [1.165, 1.54) is 0 Å². The largest absolute Gasteiger partial charge is 0.493 e. The maximum atomic E-state index is 12.2. The molecule has 0 saturated carbocycles. The van der Waals surface area contributed by atoms with E-state index >= 15 is 0 Å². The first kappa shape index (κ1) is 16.5. The number of carbonyl (C=O) groups excluding carboxylic acids is 1. The van der Waals surface area contributed by atoms with Crippen molar-refractivity contribution in [2.75, 3.05) is 6.61 Å². The molecule has 0 aromatic heterocycles. The highest BCUT2D eigenvalue weighted by atomic mass is 32.2. The van der Waals surface area contributed by atoms with Crippen LogP contribution in [0.25, 0.3) is 0 Å². The first-order valence-corrected chi connectivity index (χ1v) is 9.48. The second kappa shape index (κ2) is 7.05. The molecule has 2 aromatic carbocycles. The third-order valence-corrected chi connectivity index (χ3v) is 5.24. The van der Waals surface area contributed by atoms with Crippen LogP contribution in [0.1, 0.15) is 29.9 Å². The first-order valence-electron chi connectivity index (χ1n) is 7.82. The van der Waals surface area contributed by atoms with E-state index in [-0.39, 0.29) is 18.1 Å². The van der Waals surface area contributed by atoms with Crippen LogP contribution >= 0.6 is 0 Å². The molecule has 0 fully saturated rings. The van der Waals surface area contributed by atoms with Gasteiger partial charge in [0.2, 0.25) is 15.9 Å². The number of hydrogen-bond acceptors (Lipinski definition) is 4. The van der Waals surface area contributed by atoms with Crippen molar-refractivity contribution in [1.29, 1.82) is 0 Å². The second-order valence-corrected chi connectivity index (χ2v) is 7.57. The number of nitrogens with one attached hydrogen (secondary N) is 1.